The summed E-state index contributed by atoms with van der Waals surface area (Å²) in [6, 6.07) is 9.04. The van der Waals surface area contributed by atoms with E-state index in [1.165, 1.54) is 12.5 Å². The molecule has 0 bridgehead atoms. The summed E-state index contributed by atoms with van der Waals surface area (Å²) in [4.78, 5) is 39.2. The van der Waals surface area contributed by atoms with E-state index < -0.39 is 5.92 Å². The van der Waals surface area contributed by atoms with Crippen molar-refractivity contribution in [3.63, 3.8) is 0 Å². The van der Waals surface area contributed by atoms with Gasteiger partial charge in [-0.05, 0) is 37.3 Å². The minimum absolute atomic E-state index is 0.00296. The van der Waals surface area contributed by atoms with Gasteiger partial charge in [0.15, 0.2) is 5.78 Å². The first kappa shape index (κ1) is 20.0. The van der Waals surface area contributed by atoms with E-state index in [0.717, 1.165) is 31.2 Å². The molecule has 2 amide bonds. The Morgan fingerprint density at radius 3 is 2.71 bits per heavy atom. The molecule has 7 nitrogen and oxygen atoms in total. The number of benzene rings is 1. The normalized spacial score (nSPS) is 24.4. The SMILES string of the molecule is O=C1C[C@H](C(=O)NC[C@@H]2CCC3(CCN(C(=O)c4ccoc4)CC3)O2)c2ccccc21. The molecule has 5 rings (SSSR count). The third-order valence-corrected chi connectivity index (χ3v) is 6.92. The van der Waals surface area contributed by atoms with Gasteiger partial charge in [0.1, 0.15) is 6.26 Å². The first-order valence-corrected chi connectivity index (χ1v) is 10.9. The summed E-state index contributed by atoms with van der Waals surface area (Å²) in [7, 11) is 0. The summed E-state index contributed by atoms with van der Waals surface area (Å²) >= 11 is 0. The predicted molar refractivity (Wildman–Crippen MR) is 112 cm³/mol. The van der Waals surface area contributed by atoms with Gasteiger partial charge in [0.25, 0.3) is 5.91 Å². The standard InChI is InChI=1S/C24H26N2O5/c27-21-13-20(18-3-1-2-4-19(18)21)22(28)25-14-17-5-7-24(31-17)8-10-26(11-9-24)23(29)16-6-12-30-15-16/h1-4,6,12,15,17,20H,5,7-11,13-14H2,(H,25,28)/t17-,20-/m0/s1. The summed E-state index contributed by atoms with van der Waals surface area (Å²) in [5.74, 6) is -0.486. The molecule has 1 N–H and O–H groups in total. The first-order valence-electron chi connectivity index (χ1n) is 10.9. The number of hydrogen-bond donors (Lipinski definition) is 1. The second-order valence-corrected chi connectivity index (χ2v) is 8.78. The maximum atomic E-state index is 12.7. The van der Waals surface area contributed by atoms with Crippen LogP contribution in [0.15, 0.2) is 47.3 Å². The van der Waals surface area contributed by atoms with Crippen molar-refractivity contribution >= 4 is 17.6 Å². The number of amides is 2. The number of nitrogens with zero attached hydrogens (tertiary/aromatic N) is 1. The van der Waals surface area contributed by atoms with Crippen LogP contribution in [0.2, 0.25) is 0 Å². The minimum atomic E-state index is -0.406. The van der Waals surface area contributed by atoms with Crippen molar-refractivity contribution in [3.8, 4) is 0 Å². The van der Waals surface area contributed by atoms with Crippen molar-refractivity contribution in [3.05, 3.63) is 59.5 Å². The topological polar surface area (TPSA) is 88.9 Å². The van der Waals surface area contributed by atoms with E-state index in [0.29, 0.717) is 30.8 Å². The zero-order chi connectivity index (χ0) is 21.4. The number of piperidine rings is 1. The van der Waals surface area contributed by atoms with Crippen LogP contribution < -0.4 is 5.32 Å². The number of Topliss-reactive ketones (excluding diaryl/α,β-unsaturated/α-hetero) is 1. The molecule has 3 heterocycles. The Morgan fingerprint density at radius 1 is 1.13 bits per heavy atom. The highest BCUT2D eigenvalue weighted by Gasteiger charge is 2.43. The maximum Gasteiger partial charge on any atom is 0.257 e. The Hall–Kier alpha value is -2.93. The zero-order valence-corrected chi connectivity index (χ0v) is 17.3. The number of carbonyl (C=O) groups excluding carboxylic acids is 3. The fourth-order valence-corrected chi connectivity index (χ4v) is 5.12. The molecule has 0 unspecified atom stereocenters. The average molecular weight is 422 g/mol. The molecular weight excluding hydrogens is 396 g/mol. The number of likely N-dealkylation sites (tertiary alicyclic amines) is 1. The number of fused-ring (bicyclic) bond motifs is 1. The number of carbonyl (C=O) groups is 3. The summed E-state index contributed by atoms with van der Waals surface area (Å²) in [5.41, 5.74) is 1.85. The molecule has 2 aromatic rings. The van der Waals surface area contributed by atoms with Gasteiger partial charge < -0.3 is 19.4 Å². The molecule has 1 aromatic heterocycles. The Morgan fingerprint density at radius 2 is 1.94 bits per heavy atom. The number of ether oxygens (including phenoxy) is 1. The molecule has 31 heavy (non-hydrogen) atoms. The molecule has 7 heteroatoms. The van der Waals surface area contributed by atoms with Crippen molar-refractivity contribution < 1.29 is 23.5 Å². The van der Waals surface area contributed by atoms with E-state index in [1.807, 2.05) is 23.1 Å². The Kier molecular flexibility index (Phi) is 5.14. The monoisotopic (exact) mass is 422 g/mol. The van der Waals surface area contributed by atoms with E-state index >= 15 is 0 Å². The number of furan rings is 1. The molecule has 3 aliphatic rings. The molecule has 2 atom stereocenters. The summed E-state index contributed by atoms with van der Waals surface area (Å²) in [6.07, 6.45) is 6.61. The predicted octanol–water partition coefficient (Wildman–Crippen LogP) is 2.92. The fraction of sp³-hybridized carbons (Fsp3) is 0.458. The second kappa shape index (κ2) is 7.96. The molecular formula is C24H26N2O5. The van der Waals surface area contributed by atoms with Gasteiger partial charge in [-0.3, -0.25) is 14.4 Å². The third kappa shape index (κ3) is 3.78. The van der Waals surface area contributed by atoms with E-state index in [9.17, 15) is 14.4 Å². The molecule has 2 fully saturated rings. The molecule has 1 aliphatic carbocycles. The van der Waals surface area contributed by atoms with Crippen LogP contribution in [0.25, 0.3) is 0 Å². The van der Waals surface area contributed by atoms with Crippen molar-refractivity contribution in [2.24, 2.45) is 0 Å². The van der Waals surface area contributed by atoms with E-state index in [1.54, 1.807) is 12.1 Å². The van der Waals surface area contributed by atoms with Crippen molar-refractivity contribution in [2.45, 2.75) is 49.7 Å². The van der Waals surface area contributed by atoms with Crippen LogP contribution in [0.1, 0.15) is 64.3 Å². The molecule has 162 valence electrons. The number of nitrogens with one attached hydrogen (secondary N) is 1. The molecule has 0 saturated carbocycles. The number of ketones is 1. The first-order chi connectivity index (χ1) is 15.0. The van der Waals surface area contributed by atoms with E-state index in [4.69, 9.17) is 9.15 Å². The van der Waals surface area contributed by atoms with Gasteiger partial charge in [0.2, 0.25) is 5.91 Å². The van der Waals surface area contributed by atoms with Gasteiger partial charge in [0, 0.05) is 31.6 Å². The molecule has 2 saturated heterocycles. The highest BCUT2D eigenvalue weighted by Crippen LogP contribution is 2.39. The van der Waals surface area contributed by atoms with Crippen LogP contribution in [-0.2, 0) is 9.53 Å². The van der Waals surface area contributed by atoms with Gasteiger partial charge in [-0.2, -0.15) is 0 Å². The van der Waals surface area contributed by atoms with E-state index in [2.05, 4.69) is 5.32 Å². The van der Waals surface area contributed by atoms with Gasteiger partial charge in [-0.15, -0.1) is 0 Å². The summed E-state index contributed by atoms with van der Waals surface area (Å²) in [6.45, 7) is 1.76. The largest absolute Gasteiger partial charge is 0.472 e. The second-order valence-electron chi connectivity index (χ2n) is 8.78. The highest BCUT2D eigenvalue weighted by atomic mass is 16.5. The van der Waals surface area contributed by atoms with Crippen LogP contribution in [0, 0.1) is 0 Å². The lowest BCUT2D eigenvalue weighted by Crippen LogP contribution is -2.47. The minimum Gasteiger partial charge on any atom is -0.472 e. The van der Waals surface area contributed by atoms with Crippen LogP contribution in [0.4, 0.5) is 0 Å². The lowest BCUT2D eigenvalue weighted by Gasteiger charge is -2.39. The number of hydrogen-bond acceptors (Lipinski definition) is 5. The van der Waals surface area contributed by atoms with Crippen molar-refractivity contribution in [2.75, 3.05) is 19.6 Å². The number of rotatable bonds is 4. The van der Waals surface area contributed by atoms with Crippen LogP contribution in [0.3, 0.4) is 0 Å². The zero-order valence-electron chi connectivity index (χ0n) is 17.3. The smallest absolute Gasteiger partial charge is 0.257 e. The lowest BCUT2D eigenvalue weighted by atomic mass is 9.88. The average Bonchev–Trinajstić information content (AvgIpc) is 3.53. The van der Waals surface area contributed by atoms with Gasteiger partial charge in [-0.1, -0.05) is 24.3 Å². The highest BCUT2D eigenvalue weighted by molar-refractivity contribution is 6.06. The third-order valence-electron chi connectivity index (χ3n) is 6.92. The van der Waals surface area contributed by atoms with Gasteiger partial charge in [-0.25, -0.2) is 0 Å². The van der Waals surface area contributed by atoms with Gasteiger partial charge >= 0.3 is 0 Å². The van der Waals surface area contributed by atoms with Crippen LogP contribution in [-0.4, -0.2) is 53.8 Å². The van der Waals surface area contributed by atoms with Crippen molar-refractivity contribution in [1.82, 2.24) is 10.2 Å². The molecule has 2 aliphatic heterocycles. The summed E-state index contributed by atoms with van der Waals surface area (Å²) in [5, 5.41) is 3.00. The Bertz CT molecular complexity index is 991. The van der Waals surface area contributed by atoms with E-state index in [-0.39, 0.29) is 35.7 Å². The summed E-state index contributed by atoms with van der Waals surface area (Å²) < 4.78 is 11.4. The quantitative estimate of drug-likeness (QED) is 0.818. The molecule has 1 spiro atoms. The Balaban J connectivity index is 1.12. The van der Waals surface area contributed by atoms with Crippen LogP contribution >= 0.6 is 0 Å². The van der Waals surface area contributed by atoms with Crippen LogP contribution in [0.5, 0.6) is 0 Å². The fourth-order valence-electron chi connectivity index (χ4n) is 5.12. The lowest BCUT2D eigenvalue weighted by molar-refractivity contribution is -0.124. The molecule has 1 aromatic carbocycles. The Labute approximate surface area is 180 Å². The van der Waals surface area contributed by atoms with Crippen molar-refractivity contribution in [1.29, 1.82) is 0 Å². The maximum absolute atomic E-state index is 12.7. The molecule has 0 radical (unpaired) electrons. The van der Waals surface area contributed by atoms with Gasteiger partial charge in [0.05, 0.1) is 29.4 Å².